The lowest BCUT2D eigenvalue weighted by atomic mass is 10.0. The van der Waals surface area contributed by atoms with E-state index in [0.717, 1.165) is 5.56 Å². The van der Waals surface area contributed by atoms with Gasteiger partial charge in [0.15, 0.2) is 0 Å². The van der Waals surface area contributed by atoms with E-state index in [2.05, 4.69) is 26.6 Å². The highest BCUT2D eigenvalue weighted by Gasteiger charge is 2.28. The number of alkyl carbamates (subject to hydrolysis) is 1. The molecule has 0 spiro atoms. The van der Waals surface area contributed by atoms with Gasteiger partial charge in [-0.3, -0.25) is 19.2 Å². The first-order valence-corrected chi connectivity index (χ1v) is 15.2. The number of aromatic hydroxyl groups is 1. The molecular weight excluding hydrogens is 610 g/mol. The Bertz CT molecular complexity index is 1380. The number of amides is 5. The minimum Gasteiger partial charge on any atom is -0.508 e. The molecule has 2 rings (SSSR count). The van der Waals surface area contributed by atoms with Crippen LogP contribution in [0.1, 0.15) is 52.2 Å². The van der Waals surface area contributed by atoms with Gasteiger partial charge in [-0.05, 0) is 56.4 Å². The minimum atomic E-state index is -1.20. The van der Waals surface area contributed by atoms with E-state index in [1.54, 1.807) is 63.2 Å². The minimum absolute atomic E-state index is 0.00884. The molecule has 0 aliphatic rings. The monoisotopic (exact) mass is 655 g/mol. The fourth-order valence-electron chi connectivity index (χ4n) is 4.33. The van der Waals surface area contributed by atoms with E-state index in [0.29, 0.717) is 5.56 Å². The maximum Gasteiger partial charge on any atom is 0.408 e. The largest absolute Gasteiger partial charge is 0.508 e. The van der Waals surface area contributed by atoms with Crippen molar-refractivity contribution in [3.8, 4) is 5.75 Å². The Kier molecular flexibility index (Phi) is 14.7. The van der Waals surface area contributed by atoms with Gasteiger partial charge in [-0.2, -0.15) is 0 Å². The highest BCUT2D eigenvalue weighted by atomic mass is 16.6. The second-order valence-corrected chi connectivity index (χ2v) is 12.4. The van der Waals surface area contributed by atoms with Gasteiger partial charge in [-0.15, -0.1) is 0 Å². The van der Waals surface area contributed by atoms with Crippen molar-refractivity contribution in [1.82, 2.24) is 26.6 Å². The van der Waals surface area contributed by atoms with Crippen molar-refractivity contribution >= 4 is 35.7 Å². The van der Waals surface area contributed by atoms with E-state index in [4.69, 9.17) is 4.74 Å². The third kappa shape index (κ3) is 15.1. The first-order chi connectivity index (χ1) is 22.0. The van der Waals surface area contributed by atoms with Gasteiger partial charge < -0.3 is 41.5 Å². The number of carbonyl (C=O) groups is 6. The maximum atomic E-state index is 13.1. The zero-order chi connectivity index (χ0) is 35.1. The van der Waals surface area contributed by atoms with Crippen molar-refractivity contribution in [2.45, 2.75) is 77.6 Å². The Morgan fingerprint density at radius 2 is 1.26 bits per heavy atom. The molecule has 0 bridgehead atoms. The number of hydrogen-bond acceptors (Lipinski definition) is 8. The van der Waals surface area contributed by atoms with Gasteiger partial charge >= 0.3 is 12.1 Å². The molecule has 0 aromatic heterocycles. The number of carboxylic acid groups (broad SMARTS) is 1. The summed E-state index contributed by atoms with van der Waals surface area (Å²) in [5.41, 5.74) is 0.516. The zero-order valence-electron chi connectivity index (χ0n) is 27.3. The molecule has 0 saturated carbocycles. The molecule has 14 nitrogen and oxygen atoms in total. The van der Waals surface area contributed by atoms with Crippen LogP contribution in [0.3, 0.4) is 0 Å². The summed E-state index contributed by atoms with van der Waals surface area (Å²) < 4.78 is 5.25. The lowest BCUT2D eigenvalue weighted by Gasteiger charge is -2.23. The van der Waals surface area contributed by atoms with Gasteiger partial charge in [0.05, 0.1) is 13.1 Å². The van der Waals surface area contributed by atoms with E-state index < -0.39 is 72.5 Å². The molecule has 0 aliphatic heterocycles. The van der Waals surface area contributed by atoms with Crippen molar-refractivity contribution in [3.63, 3.8) is 0 Å². The number of nitrogens with one attached hydrogen (secondary N) is 5. The Morgan fingerprint density at radius 1 is 0.702 bits per heavy atom. The number of aliphatic carboxylic acids is 1. The number of rotatable bonds is 16. The third-order valence-electron chi connectivity index (χ3n) is 6.51. The van der Waals surface area contributed by atoms with Crippen molar-refractivity contribution in [3.05, 3.63) is 65.7 Å². The normalized spacial score (nSPS) is 13.0. The molecule has 7 N–H and O–H groups in total. The average molecular weight is 656 g/mol. The lowest BCUT2D eigenvalue weighted by Crippen LogP contribution is -2.54. The number of carbonyl (C=O) groups excluding carboxylic acids is 5. The van der Waals surface area contributed by atoms with Crippen LogP contribution in [0, 0.1) is 5.92 Å². The van der Waals surface area contributed by atoms with Crippen LogP contribution < -0.4 is 26.6 Å². The lowest BCUT2D eigenvalue weighted by molar-refractivity contribution is -0.142. The molecule has 2 aromatic rings. The first-order valence-electron chi connectivity index (χ1n) is 15.2. The van der Waals surface area contributed by atoms with Crippen molar-refractivity contribution in [2.24, 2.45) is 5.92 Å². The van der Waals surface area contributed by atoms with Gasteiger partial charge in [0, 0.05) is 12.8 Å². The van der Waals surface area contributed by atoms with Crippen LogP contribution in [0.2, 0.25) is 0 Å². The quantitative estimate of drug-likeness (QED) is 0.139. The van der Waals surface area contributed by atoms with Crippen LogP contribution in [-0.2, 0) is 41.6 Å². The van der Waals surface area contributed by atoms with Crippen LogP contribution in [0.5, 0.6) is 5.75 Å². The fourth-order valence-corrected chi connectivity index (χ4v) is 4.33. The van der Waals surface area contributed by atoms with E-state index in [9.17, 15) is 39.0 Å². The molecule has 256 valence electrons. The third-order valence-corrected chi connectivity index (χ3v) is 6.51. The molecule has 2 aromatic carbocycles. The van der Waals surface area contributed by atoms with Crippen molar-refractivity contribution in [1.29, 1.82) is 0 Å². The summed E-state index contributed by atoms with van der Waals surface area (Å²) in [7, 11) is 0. The highest BCUT2D eigenvalue weighted by Crippen LogP contribution is 2.13. The molecule has 5 amide bonds. The number of phenolic OH excluding ortho intramolecular Hbond substituents is 1. The van der Waals surface area contributed by atoms with Gasteiger partial charge in [-0.25, -0.2) is 9.59 Å². The van der Waals surface area contributed by atoms with Gasteiger partial charge in [-0.1, -0.05) is 56.3 Å². The molecular formula is C33H45N5O9. The van der Waals surface area contributed by atoms with E-state index in [1.807, 2.05) is 13.8 Å². The fraction of sp³-hybridized carbons (Fsp3) is 0.455. The summed E-state index contributed by atoms with van der Waals surface area (Å²) in [4.78, 5) is 75.4. The van der Waals surface area contributed by atoms with Crippen LogP contribution in [0.4, 0.5) is 4.79 Å². The predicted octanol–water partition coefficient (Wildman–Crippen LogP) is 1.40. The Balaban J connectivity index is 2.00. The number of hydrogen-bond donors (Lipinski definition) is 7. The topological polar surface area (TPSA) is 212 Å². The van der Waals surface area contributed by atoms with Gasteiger partial charge in [0.1, 0.15) is 29.5 Å². The second-order valence-electron chi connectivity index (χ2n) is 12.4. The maximum absolute atomic E-state index is 13.1. The molecule has 0 aliphatic carbocycles. The SMILES string of the molecule is CC(C)CC(NC(=O)C(Cc1ccccc1)NC(=O)CNC(=O)CNC(=O)C(Cc1ccc(O)cc1)NC(=O)OC(C)(C)C)C(=O)O. The van der Waals surface area contributed by atoms with Gasteiger partial charge in [0.2, 0.25) is 23.6 Å². The summed E-state index contributed by atoms with van der Waals surface area (Å²) in [6.45, 7) is 7.58. The van der Waals surface area contributed by atoms with Crippen LogP contribution in [-0.4, -0.2) is 82.7 Å². The second kappa shape index (κ2) is 18.1. The first kappa shape index (κ1) is 38.0. The number of ether oxygens (including phenoxy) is 1. The van der Waals surface area contributed by atoms with Crippen molar-refractivity contribution < 1.29 is 43.7 Å². The van der Waals surface area contributed by atoms with Gasteiger partial charge in [0.25, 0.3) is 0 Å². The molecule has 3 unspecified atom stereocenters. The molecule has 0 fully saturated rings. The summed E-state index contributed by atoms with van der Waals surface area (Å²) >= 11 is 0. The number of benzene rings is 2. The number of carboxylic acids is 1. The smallest absolute Gasteiger partial charge is 0.408 e. The molecule has 3 atom stereocenters. The van der Waals surface area contributed by atoms with Crippen LogP contribution in [0.25, 0.3) is 0 Å². The zero-order valence-corrected chi connectivity index (χ0v) is 27.3. The summed E-state index contributed by atoms with van der Waals surface area (Å²) in [6.07, 6.45) is -0.549. The van der Waals surface area contributed by atoms with E-state index in [-0.39, 0.29) is 30.9 Å². The molecule has 14 heteroatoms. The Hall–Kier alpha value is -5.14. The molecule has 0 heterocycles. The van der Waals surface area contributed by atoms with E-state index >= 15 is 0 Å². The summed E-state index contributed by atoms with van der Waals surface area (Å²) in [6, 6.07) is 11.4. The summed E-state index contributed by atoms with van der Waals surface area (Å²) in [5, 5.41) is 31.4. The van der Waals surface area contributed by atoms with Crippen LogP contribution in [0.15, 0.2) is 54.6 Å². The Morgan fingerprint density at radius 3 is 1.81 bits per heavy atom. The summed E-state index contributed by atoms with van der Waals surface area (Å²) in [5.74, 6) is -4.00. The molecule has 0 saturated heterocycles. The number of phenols is 1. The molecule has 0 radical (unpaired) electrons. The van der Waals surface area contributed by atoms with Crippen molar-refractivity contribution in [2.75, 3.05) is 13.1 Å². The highest BCUT2D eigenvalue weighted by molar-refractivity contribution is 5.93. The standard InChI is InChI=1S/C33H45N5O9/c1-20(2)15-26(31(44)45)37-30(43)25(16-21-9-7-6-8-10-21)36-28(41)19-34-27(40)18-35-29(42)24(38-32(46)47-33(3,4)5)17-22-11-13-23(39)14-12-22/h6-14,20,24-26,39H,15-19H2,1-5H3,(H,34,40)(H,35,42)(H,36,41)(H,37,43)(H,38,46)(H,44,45). The predicted molar refractivity (Wildman–Crippen MR) is 172 cm³/mol. The van der Waals surface area contributed by atoms with Crippen LogP contribution >= 0.6 is 0 Å². The molecule has 47 heavy (non-hydrogen) atoms. The van der Waals surface area contributed by atoms with E-state index in [1.165, 1.54) is 12.1 Å². The average Bonchev–Trinajstić information content (AvgIpc) is 2.98. The Labute approximate surface area is 274 Å².